The molecule has 0 radical (unpaired) electrons. The third-order valence-corrected chi connectivity index (χ3v) is 3.12. The predicted octanol–water partition coefficient (Wildman–Crippen LogP) is 1.93. The van der Waals surface area contributed by atoms with E-state index in [9.17, 15) is 22.8 Å². The fourth-order valence-electron chi connectivity index (χ4n) is 1.63. The van der Waals surface area contributed by atoms with Crippen molar-refractivity contribution in [3.8, 4) is 0 Å². The molecule has 2 aromatic rings. The van der Waals surface area contributed by atoms with E-state index in [1.54, 1.807) is 6.07 Å². The molecule has 10 heteroatoms. The molecule has 0 saturated carbocycles. The van der Waals surface area contributed by atoms with E-state index in [2.05, 4.69) is 30.6 Å². The van der Waals surface area contributed by atoms with Gasteiger partial charge in [-0.05, 0) is 6.07 Å². The maximum atomic E-state index is 12.5. The third-order valence-electron chi connectivity index (χ3n) is 2.62. The summed E-state index contributed by atoms with van der Waals surface area (Å²) < 4.78 is 43.6. The fraction of sp³-hybridized carbons (Fsp3) is 0.250. The molecule has 1 amide bonds. The van der Waals surface area contributed by atoms with Crippen molar-refractivity contribution in [2.75, 3.05) is 0 Å². The zero-order chi connectivity index (χ0) is 16.3. The molecule has 0 unspecified atom stereocenters. The Hall–Kier alpha value is -2.10. The molecule has 2 rings (SSSR count). The van der Waals surface area contributed by atoms with Crippen LogP contribution < -0.4 is 10.9 Å². The number of nitrogens with one attached hydrogen (secondary N) is 1. The van der Waals surface area contributed by atoms with Crippen LogP contribution >= 0.6 is 15.9 Å². The minimum Gasteiger partial charge on any atom is -0.439 e. The van der Waals surface area contributed by atoms with E-state index < -0.39 is 35.6 Å². The number of hydrogen-bond donors (Lipinski definition) is 1. The lowest BCUT2D eigenvalue weighted by Gasteiger charge is -2.08. The summed E-state index contributed by atoms with van der Waals surface area (Å²) in [7, 11) is 0. The SMILES string of the molecule is O=C(Cn1ccc(Br)cc1=O)NCc1ncoc1C(F)(F)F. The molecule has 0 fully saturated rings. The minimum absolute atomic E-state index is 0.314. The zero-order valence-electron chi connectivity index (χ0n) is 10.9. The summed E-state index contributed by atoms with van der Waals surface area (Å²) in [6, 6.07) is 2.83. The van der Waals surface area contributed by atoms with Gasteiger partial charge in [-0.15, -0.1) is 0 Å². The van der Waals surface area contributed by atoms with Gasteiger partial charge in [-0.3, -0.25) is 9.59 Å². The normalized spacial score (nSPS) is 11.5. The largest absolute Gasteiger partial charge is 0.451 e. The van der Waals surface area contributed by atoms with Crippen LogP contribution in [0.3, 0.4) is 0 Å². The van der Waals surface area contributed by atoms with Gasteiger partial charge in [0.25, 0.3) is 5.56 Å². The molecular weight excluding hydrogens is 371 g/mol. The van der Waals surface area contributed by atoms with Crippen LogP contribution in [0.2, 0.25) is 0 Å². The number of carbonyl (C=O) groups excluding carboxylic acids is 1. The van der Waals surface area contributed by atoms with Gasteiger partial charge in [0.05, 0.1) is 6.54 Å². The number of oxazole rings is 1. The Balaban J connectivity index is 1.99. The van der Waals surface area contributed by atoms with E-state index in [1.807, 2.05) is 0 Å². The summed E-state index contributed by atoms with van der Waals surface area (Å²) in [6.45, 7) is -0.763. The Morgan fingerprint density at radius 2 is 2.18 bits per heavy atom. The smallest absolute Gasteiger partial charge is 0.439 e. The monoisotopic (exact) mass is 379 g/mol. The lowest BCUT2D eigenvalue weighted by atomic mass is 10.3. The number of hydrogen-bond acceptors (Lipinski definition) is 4. The Labute approximate surface area is 130 Å². The van der Waals surface area contributed by atoms with Crippen molar-refractivity contribution >= 4 is 21.8 Å². The molecule has 2 aromatic heterocycles. The van der Waals surface area contributed by atoms with Gasteiger partial charge in [0.15, 0.2) is 6.39 Å². The Morgan fingerprint density at radius 3 is 2.82 bits per heavy atom. The van der Waals surface area contributed by atoms with Crippen molar-refractivity contribution in [1.29, 1.82) is 0 Å². The number of halogens is 4. The average molecular weight is 380 g/mol. The molecule has 0 saturated heterocycles. The first kappa shape index (κ1) is 16.3. The number of carbonyl (C=O) groups is 1. The quantitative estimate of drug-likeness (QED) is 0.880. The van der Waals surface area contributed by atoms with E-state index in [1.165, 1.54) is 12.3 Å². The molecule has 0 aromatic carbocycles. The maximum Gasteiger partial charge on any atom is 0.451 e. The summed E-state index contributed by atoms with van der Waals surface area (Å²) in [5.74, 6) is -1.88. The predicted molar refractivity (Wildman–Crippen MR) is 71.8 cm³/mol. The molecule has 2 heterocycles. The van der Waals surface area contributed by atoms with Crippen molar-refractivity contribution in [2.24, 2.45) is 0 Å². The van der Waals surface area contributed by atoms with E-state index >= 15 is 0 Å². The minimum atomic E-state index is -4.68. The second kappa shape index (κ2) is 6.34. The highest BCUT2D eigenvalue weighted by Gasteiger charge is 2.38. The Morgan fingerprint density at radius 1 is 1.45 bits per heavy atom. The van der Waals surface area contributed by atoms with Crippen LogP contribution in [0.15, 0.2) is 38.4 Å². The van der Waals surface area contributed by atoms with Gasteiger partial charge >= 0.3 is 6.18 Å². The van der Waals surface area contributed by atoms with E-state index in [0.717, 1.165) is 4.57 Å². The Bertz CT molecular complexity index is 739. The third kappa shape index (κ3) is 3.97. The van der Waals surface area contributed by atoms with Crippen LogP contribution in [-0.4, -0.2) is 15.5 Å². The summed E-state index contributed by atoms with van der Waals surface area (Å²) in [5, 5.41) is 2.25. The van der Waals surface area contributed by atoms with Gasteiger partial charge in [-0.1, -0.05) is 15.9 Å². The van der Waals surface area contributed by atoms with Crippen LogP contribution in [0.5, 0.6) is 0 Å². The van der Waals surface area contributed by atoms with Crippen molar-refractivity contribution in [2.45, 2.75) is 19.3 Å². The standard InChI is InChI=1S/C12H9BrF3N3O3/c13-7-1-2-19(10(21)3-7)5-9(20)17-4-8-11(12(14,15)16)22-6-18-8/h1-3,6H,4-5H2,(H,17,20). The van der Waals surface area contributed by atoms with E-state index in [-0.39, 0.29) is 6.54 Å². The molecule has 0 atom stereocenters. The maximum absolute atomic E-state index is 12.5. The summed E-state index contributed by atoms with van der Waals surface area (Å²) in [6.07, 6.45) is -2.63. The second-order valence-corrected chi connectivity index (χ2v) is 5.13. The molecule has 6 nitrogen and oxygen atoms in total. The van der Waals surface area contributed by atoms with Crippen molar-refractivity contribution in [1.82, 2.24) is 14.9 Å². The van der Waals surface area contributed by atoms with E-state index in [0.29, 0.717) is 10.9 Å². The number of aromatic nitrogens is 2. The van der Waals surface area contributed by atoms with Gasteiger partial charge in [0, 0.05) is 16.7 Å². The zero-order valence-corrected chi connectivity index (χ0v) is 12.4. The first-order valence-electron chi connectivity index (χ1n) is 5.89. The second-order valence-electron chi connectivity index (χ2n) is 4.21. The lowest BCUT2D eigenvalue weighted by Crippen LogP contribution is -2.32. The van der Waals surface area contributed by atoms with Crippen molar-refractivity contribution in [3.63, 3.8) is 0 Å². The number of rotatable bonds is 4. The van der Waals surface area contributed by atoms with Gasteiger partial charge in [-0.2, -0.15) is 13.2 Å². The van der Waals surface area contributed by atoms with Crippen LogP contribution in [0, 0.1) is 0 Å². The fourth-order valence-corrected chi connectivity index (χ4v) is 1.95. The molecule has 0 spiro atoms. The first-order valence-corrected chi connectivity index (χ1v) is 6.69. The molecule has 0 aliphatic heterocycles. The van der Waals surface area contributed by atoms with Gasteiger partial charge in [0.1, 0.15) is 12.2 Å². The van der Waals surface area contributed by atoms with Crippen molar-refractivity contribution < 1.29 is 22.4 Å². The number of pyridine rings is 1. The highest BCUT2D eigenvalue weighted by molar-refractivity contribution is 9.10. The highest BCUT2D eigenvalue weighted by Crippen LogP contribution is 2.31. The van der Waals surface area contributed by atoms with Crippen molar-refractivity contribution in [3.05, 3.63) is 51.0 Å². The highest BCUT2D eigenvalue weighted by atomic mass is 79.9. The van der Waals surface area contributed by atoms with Crippen LogP contribution in [0.4, 0.5) is 13.2 Å². The van der Waals surface area contributed by atoms with Crippen LogP contribution in [0.1, 0.15) is 11.5 Å². The summed E-state index contributed by atoms with van der Waals surface area (Å²) >= 11 is 3.11. The Kier molecular flexibility index (Phi) is 4.69. The van der Waals surface area contributed by atoms with Crippen LogP contribution in [-0.2, 0) is 24.1 Å². The molecule has 1 N–H and O–H groups in total. The molecule has 22 heavy (non-hydrogen) atoms. The van der Waals surface area contributed by atoms with Gasteiger partial charge in [-0.25, -0.2) is 4.98 Å². The molecule has 0 bridgehead atoms. The number of alkyl halides is 3. The molecular formula is C12H9BrF3N3O3. The molecule has 0 aliphatic rings. The van der Waals surface area contributed by atoms with Gasteiger partial charge in [0.2, 0.25) is 11.7 Å². The summed E-state index contributed by atoms with van der Waals surface area (Å²) in [4.78, 5) is 26.7. The molecule has 0 aliphatic carbocycles. The molecule has 118 valence electrons. The van der Waals surface area contributed by atoms with Crippen LogP contribution in [0.25, 0.3) is 0 Å². The van der Waals surface area contributed by atoms with E-state index in [4.69, 9.17) is 0 Å². The summed E-state index contributed by atoms with van der Waals surface area (Å²) in [5.41, 5.74) is -0.842. The number of amides is 1. The average Bonchev–Trinajstić information content (AvgIpc) is 2.88. The first-order chi connectivity index (χ1) is 10.3. The lowest BCUT2D eigenvalue weighted by molar-refractivity contribution is -0.153. The number of nitrogens with zero attached hydrogens (tertiary/aromatic N) is 2. The topological polar surface area (TPSA) is 77.1 Å². The van der Waals surface area contributed by atoms with Gasteiger partial charge < -0.3 is 14.3 Å².